The Bertz CT molecular complexity index is 184. The molecule has 0 aromatic heterocycles. The van der Waals surface area contributed by atoms with Gasteiger partial charge in [-0.2, -0.15) is 0 Å². The van der Waals surface area contributed by atoms with Crippen LogP contribution in [0.25, 0.3) is 0 Å². The Morgan fingerprint density at radius 1 is 0.688 bits per heavy atom. The Kier molecular flexibility index (Phi) is 4.88. The molecule has 1 aliphatic carbocycles. The standard InChI is InChI=1S/C15H31P/c1-14(2,3)16(15(4,5)6)13-11-9-7-8-10-12-13/h13H,7-12H2,1-6H3. The molecule has 0 aromatic rings. The van der Waals surface area contributed by atoms with Crippen molar-refractivity contribution in [3.8, 4) is 0 Å². The summed E-state index contributed by atoms with van der Waals surface area (Å²) in [5, 5.41) is 1.03. The summed E-state index contributed by atoms with van der Waals surface area (Å²) in [6, 6.07) is 0. The van der Waals surface area contributed by atoms with Gasteiger partial charge in [-0.3, -0.25) is 0 Å². The van der Waals surface area contributed by atoms with E-state index in [4.69, 9.17) is 0 Å². The van der Waals surface area contributed by atoms with Gasteiger partial charge in [0.15, 0.2) is 0 Å². The summed E-state index contributed by atoms with van der Waals surface area (Å²) in [6.07, 6.45) is 8.92. The Morgan fingerprint density at radius 2 is 1.06 bits per heavy atom. The van der Waals surface area contributed by atoms with Crippen LogP contribution in [0.3, 0.4) is 0 Å². The Hall–Kier alpha value is 0.430. The van der Waals surface area contributed by atoms with Crippen molar-refractivity contribution in [3.63, 3.8) is 0 Å². The fourth-order valence-electron chi connectivity index (χ4n) is 3.62. The highest BCUT2D eigenvalue weighted by Gasteiger charge is 2.39. The lowest BCUT2D eigenvalue weighted by Crippen LogP contribution is -2.31. The summed E-state index contributed by atoms with van der Waals surface area (Å²) in [5.41, 5.74) is 1.03. The smallest absolute Gasteiger partial charge is 0.0172 e. The lowest BCUT2D eigenvalue weighted by molar-refractivity contribution is 0.635. The predicted octanol–water partition coefficient (Wildman–Crippen LogP) is 5.79. The normalized spacial score (nSPS) is 21.2. The van der Waals surface area contributed by atoms with Crippen LogP contribution in [-0.4, -0.2) is 16.0 Å². The summed E-state index contributed by atoms with van der Waals surface area (Å²) in [6.45, 7) is 14.8. The minimum atomic E-state index is 0.122. The van der Waals surface area contributed by atoms with E-state index in [0.29, 0.717) is 10.3 Å². The van der Waals surface area contributed by atoms with Crippen LogP contribution >= 0.6 is 7.92 Å². The molecule has 1 rings (SSSR count). The van der Waals surface area contributed by atoms with Crippen molar-refractivity contribution in [2.45, 2.75) is 96.0 Å². The van der Waals surface area contributed by atoms with E-state index >= 15 is 0 Å². The second-order valence-electron chi connectivity index (χ2n) is 7.36. The Labute approximate surface area is 104 Å². The first kappa shape index (κ1) is 14.5. The van der Waals surface area contributed by atoms with Gasteiger partial charge in [-0.05, 0) is 28.8 Å². The number of hydrogen-bond donors (Lipinski definition) is 0. The molecule has 0 spiro atoms. The lowest BCUT2D eigenvalue weighted by Gasteiger charge is -2.46. The van der Waals surface area contributed by atoms with E-state index in [1.54, 1.807) is 0 Å². The van der Waals surface area contributed by atoms with E-state index < -0.39 is 0 Å². The first-order valence-corrected chi connectivity index (χ1v) is 8.43. The summed E-state index contributed by atoms with van der Waals surface area (Å²) in [5.74, 6) is 0. The maximum absolute atomic E-state index is 2.47. The Balaban J connectivity index is 2.83. The van der Waals surface area contributed by atoms with Crippen LogP contribution in [0.4, 0.5) is 0 Å². The first-order valence-electron chi connectivity index (χ1n) is 7.02. The molecule has 0 bridgehead atoms. The third-order valence-electron chi connectivity index (χ3n) is 3.64. The SMILES string of the molecule is CC(C)(C)P(C1CCCCCC1)C(C)(C)C. The molecule has 0 saturated heterocycles. The molecular weight excluding hydrogens is 211 g/mol. The first-order chi connectivity index (χ1) is 7.23. The molecule has 0 heterocycles. The van der Waals surface area contributed by atoms with Gasteiger partial charge in [0.2, 0.25) is 0 Å². The molecule has 0 nitrogen and oxygen atoms in total. The second-order valence-corrected chi connectivity index (χ2v) is 11.5. The fraction of sp³-hybridized carbons (Fsp3) is 1.00. The van der Waals surface area contributed by atoms with Gasteiger partial charge in [0.25, 0.3) is 0 Å². The van der Waals surface area contributed by atoms with Gasteiger partial charge in [0, 0.05) is 0 Å². The quantitative estimate of drug-likeness (QED) is 0.403. The maximum atomic E-state index is 2.47. The van der Waals surface area contributed by atoms with Crippen LogP contribution in [0.5, 0.6) is 0 Å². The molecular formula is C15H31P. The zero-order valence-electron chi connectivity index (χ0n) is 12.3. The molecule has 0 aliphatic heterocycles. The van der Waals surface area contributed by atoms with Gasteiger partial charge < -0.3 is 0 Å². The lowest BCUT2D eigenvalue weighted by atomic mass is 10.2. The highest BCUT2D eigenvalue weighted by atomic mass is 31.1. The van der Waals surface area contributed by atoms with Crippen molar-refractivity contribution >= 4 is 7.92 Å². The van der Waals surface area contributed by atoms with Crippen LogP contribution in [0.2, 0.25) is 0 Å². The zero-order valence-corrected chi connectivity index (χ0v) is 13.2. The van der Waals surface area contributed by atoms with Crippen LogP contribution in [0.1, 0.15) is 80.1 Å². The minimum absolute atomic E-state index is 0.122. The van der Waals surface area contributed by atoms with Crippen molar-refractivity contribution in [2.75, 3.05) is 0 Å². The third kappa shape index (κ3) is 4.02. The van der Waals surface area contributed by atoms with Crippen LogP contribution in [0.15, 0.2) is 0 Å². The van der Waals surface area contributed by atoms with E-state index in [0.717, 1.165) is 5.66 Å². The molecule has 0 atom stereocenters. The number of hydrogen-bond acceptors (Lipinski definition) is 0. The average Bonchev–Trinajstić information content (AvgIpc) is 2.27. The van der Waals surface area contributed by atoms with E-state index in [2.05, 4.69) is 41.5 Å². The van der Waals surface area contributed by atoms with Gasteiger partial charge in [-0.25, -0.2) is 0 Å². The average molecular weight is 242 g/mol. The van der Waals surface area contributed by atoms with E-state index in [-0.39, 0.29) is 7.92 Å². The molecule has 1 fully saturated rings. The van der Waals surface area contributed by atoms with Gasteiger partial charge in [0.1, 0.15) is 0 Å². The largest absolute Gasteiger partial charge is 0.0924 e. The van der Waals surface area contributed by atoms with Gasteiger partial charge in [0.05, 0.1) is 0 Å². The van der Waals surface area contributed by atoms with Crippen LogP contribution in [0, 0.1) is 0 Å². The summed E-state index contributed by atoms with van der Waals surface area (Å²) in [4.78, 5) is 0. The summed E-state index contributed by atoms with van der Waals surface area (Å²) >= 11 is 0. The molecule has 0 radical (unpaired) electrons. The molecule has 1 aliphatic rings. The summed E-state index contributed by atoms with van der Waals surface area (Å²) < 4.78 is 0. The van der Waals surface area contributed by atoms with Crippen molar-refractivity contribution in [1.82, 2.24) is 0 Å². The highest BCUT2D eigenvalue weighted by molar-refractivity contribution is 7.61. The molecule has 0 aromatic carbocycles. The van der Waals surface area contributed by atoms with Crippen molar-refractivity contribution in [3.05, 3.63) is 0 Å². The number of rotatable bonds is 1. The maximum Gasteiger partial charge on any atom is -0.0172 e. The minimum Gasteiger partial charge on any atom is -0.0924 e. The van der Waals surface area contributed by atoms with Crippen molar-refractivity contribution < 1.29 is 0 Å². The van der Waals surface area contributed by atoms with Gasteiger partial charge in [-0.1, -0.05) is 75.1 Å². The van der Waals surface area contributed by atoms with E-state index in [9.17, 15) is 0 Å². The van der Waals surface area contributed by atoms with E-state index in [1.165, 1.54) is 38.5 Å². The van der Waals surface area contributed by atoms with Gasteiger partial charge in [-0.15, -0.1) is 0 Å². The second kappa shape index (κ2) is 5.38. The molecule has 1 heteroatoms. The van der Waals surface area contributed by atoms with Gasteiger partial charge >= 0.3 is 0 Å². The molecule has 96 valence electrons. The topological polar surface area (TPSA) is 0 Å². The monoisotopic (exact) mass is 242 g/mol. The fourth-order valence-corrected chi connectivity index (χ4v) is 8.70. The van der Waals surface area contributed by atoms with Crippen LogP contribution in [-0.2, 0) is 0 Å². The summed E-state index contributed by atoms with van der Waals surface area (Å²) in [7, 11) is 0.122. The Morgan fingerprint density at radius 3 is 1.38 bits per heavy atom. The predicted molar refractivity (Wildman–Crippen MR) is 77.9 cm³/mol. The van der Waals surface area contributed by atoms with Crippen molar-refractivity contribution in [2.24, 2.45) is 0 Å². The zero-order chi connectivity index (χ0) is 12.4. The molecule has 0 N–H and O–H groups in total. The molecule has 16 heavy (non-hydrogen) atoms. The molecule has 0 unspecified atom stereocenters. The third-order valence-corrected chi connectivity index (χ3v) is 7.77. The van der Waals surface area contributed by atoms with Crippen molar-refractivity contribution in [1.29, 1.82) is 0 Å². The molecule has 0 amide bonds. The highest BCUT2D eigenvalue weighted by Crippen LogP contribution is 2.64. The molecule has 1 saturated carbocycles. The van der Waals surface area contributed by atoms with Crippen LogP contribution < -0.4 is 0 Å². The van der Waals surface area contributed by atoms with E-state index in [1.807, 2.05) is 0 Å².